The lowest BCUT2D eigenvalue weighted by Gasteiger charge is -2.33. The second-order valence-electron chi connectivity index (χ2n) is 4.89. The van der Waals surface area contributed by atoms with E-state index in [1.807, 2.05) is 25.7 Å². The molecule has 1 fully saturated rings. The van der Waals surface area contributed by atoms with E-state index in [4.69, 9.17) is 4.74 Å². The van der Waals surface area contributed by atoms with E-state index < -0.39 is 0 Å². The van der Waals surface area contributed by atoms with Crippen LogP contribution in [-0.2, 0) is 9.53 Å². The van der Waals surface area contributed by atoms with E-state index in [-0.39, 0.29) is 18.1 Å². The van der Waals surface area contributed by atoms with Crippen LogP contribution in [0.1, 0.15) is 20.8 Å². The normalized spacial score (nSPS) is 18.9. The van der Waals surface area contributed by atoms with Crippen LogP contribution in [0.5, 0.6) is 0 Å². The van der Waals surface area contributed by atoms with Gasteiger partial charge in [0.15, 0.2) is 0 Å². The van der Waals surface area contributed by atoms with Gasteiger partial charge in [-0.25, -0.2) is 4.31 Å². The molecule has 0 aromatic heterocycles. The van der Waals surface area contributed by atoms with Gasteiger partial charge in [-0.2, -0.15) is 0 Å². The second-order valence-corrected chi connectivity index (χ2v) is 5.77. The van der Waals surface area contributed by atoms with Gasteiger partial charge in [0.05, 0.1) is 5.60 Å². The monoisotopic (exact) mass is 246 g/mol. The van der Waals surface area contributed by atoms with Crippen LogP contribution in [0, 0.1) is 0 Å². The van der Waals surface area contributed by atoms with Gasteiger partial charge >= 0.3 is 0 Å². The number of carbonyl (C=O) groups excluding carboxylic acids is 1. The molecule has 0 bridgehead atoms. The fraction of sp³-hybridized carbons (Fsp3) is 0.909. The molecular weight excluding hydrogens is 224 g/mol. The summed E-state index contributed by atoms with van der Waals surface area (Å²) in [6, 6.07) is 0. The van der Waals surface area contributed by atoms with Crippen molar-refractivity contribution in [3.63, 3.8) is 0 Å². The van der Waals surface area contributed by atoms with Gasteiger partial charge in [-0.1, -0.05) is 11.9 Å². The average molecular weight is 246 g/mol. The molecule has 5 heteroatoms. The van der Waals surface area contributed by atoms with Crippen molar-refractivity contribution in [2.75, 3.05) is 39.0 Å². The Morgan fingerprint density at radius 2 is 1.81 bits per heavy atom. The van der Waals surface area contributed by atoms with Gasteiger partial charge in [0, 0.05) is 26.2 Å². The third-order valence-electron chi connectivity index (χ3n) is 2.48. The lowest BCUT2D eigenvalue weighted by molar-refractivity contribution is -0.142. The van der Waals surface area contributed by atoms with E-state index in [2.05, 4.69) is 10.6 Å². The van der Waals surface area contributed by atoms with E-state index in [9.17, 15) is 4.79 Å². The zero-order chi connectivity index (χ0) is 12.2. The van der Waals surface area contributed by atoms with Crippen LogP contribution >= 0.6 is 11.9 Å². The third-order valence-corrected chi connectivity index (χ3v) is 3.36. The van der Waals surface area contributed by atoms with Gasteiger partial charge < -0.3 is 9.64 Å². The molecule has 1 saturated heterocycles. The average Bonchev–Trinajstić information content (AvgIpc) is 2.25. The number of carbonyl (C=O) groups is 1. The van der Waals surface area contributed by atoms with Crippen LogP contribution in [0.25, 0.3) is 0 Å². The molecule has 0 radical (unpaired) electrons. The molecule has 0 atom stereocenters. The van der Waals surface area contributed by atoms with Crippen molar-refractivity contribution in [1.82, 2.24) is 9.21 Å². The Morgan fingerprint density at radius 1 is 1.25 bits per heavy atom. The lowest BCUT2D eigenvalue weighted by Crippen LogP contribution is -2.47. The van der Waals surface area contributed by atoms with Crippen LogP contribution in [-0.4, -0.2) is 59.8 Å². The summed E-state index contributed by atoms with van der Waals surface area (Å²) in [5.41, 5.74) is -0.239. The Morgan fingerprint density at radius 3 is 2.25 bits per heavy atom. The Bertz CT molecular complexity index is 233. The summed E-state index contributed by atoms with van der Waals surface area (Å²) in [4.78, 5) is 13.7. The Labute approximate surface area is 102 Å². The number of rotatable bonds is 3. The predicted octanol–water partition coefficient (Wildman–Crippen LogP) is 1.22. The van der Waals surface area contributed by atoms with Crippen molar-refractivity contribution in [3.05, 3.63) is 0 Å². The van der Waals surface area contributed by atoms with Gasteiger partial charge in [-0.05, 0) is 27.0 Å². The first-order valence-electron chi connectivity index (χ1n) is 5.63. The number of piperazine rings is 1. The van der Waals surface area contributed by atoms with Gasteiger partial charge in [-0.15, -0.1) is 0 Å². The zero-order valence-electron chi connectivity index (χ0n) is 10.7. The maximum absolute atomic E-state index is 11.8. The molecule has 0 saturated carbocycles. The zero-order valence-corrected chi connectivity index (χ0v) is 11.5. The SMILES string of the molecule is CSN1CCN(C(=O)COC(C)(C)C)CC1. The van der Waals surface area contributed by atoms with E-state index in [0.29, 0.717) is 0 Å². The van der Waals surface area contributed by atoms with Crippen LogP contribution in [0.2, 0.25) is 0 Å². The summed E-state index contributed by atoms with van der Waals surface area (Å²) >= 11 is 1.74. The maximum Gasteiger partial charge on any atom is 0.248 e. The first kappa shape index (κ1) is 13.8. The molecule has 1 amide bonds. The van der Waals surface area contributed by atoms with E-state index in [0.717, 1.165) is 26.2 Å². The molecule has 0 unspecified atom stereocenters. The molecule has 0 spiro atoms. The van der Waals surface area contributed by atoms with Crippen LogP contribution in [0.15, 0.2) is 0 Å². The molecule has 94 valence electrons. The molecule has 1 heterocycles. The number of amides is 1. The largest absolute Gasteiger partial charge is 0.366 e. The molecule has 4 nitrogen and oxygen atoms in total. The Hall–Kier alpha value is -0.260. The topological polar surface area (TPSA) is 32.8 Å². The molecule has 1 aliphatic rings. The van der Waals surface area contributed by atoms with Crippen molar-refractivity contribution < 1.29 is 9.53 Å². The summed E-state index contributed by atoms with van der Waals surface area (Å²) in [5, 5.41) is 0. The summed E-state index contributed by atoms with van der Waals surface area (Å²) < 4.78 is 7.76. The molecule has 1 aliphatic heterocycles. The Balaban J connectivity index is 2.28. The number of nitrogens with zero attached hydrogens (tertiary/aromatic N) is 2. The fourth-order valence-corrected chi connectivity index (χ4v) is 2.02. The summed E-state index contributed by atoms with van der Waals surface area (Å²) in [7, 11) is 0. The van der Waals surface area contributed by atoms with Crippen molar-refractivity contribution in [2.45, 2.75) is 26.4 Å². The molecule has 16 heavy (non-hydrogen) atoms. The smallest absolute Gasteiger partial charge is 0.248 e. The molecule has 0 aliphatic carbocycles. The van der Waals surface area contributed by atoms with Crippen LogP contribution < -0.4 is 0 Å². The van der Waals surface area contributed by atoms with E-state index in [1.54, 1.807) is 11.9 Å². The fourth-order valence-electron chi connectivity index (χ4n) is 1.49. The minimum absolute atomic E-state index is 0.107. The highest BCUT2D eigenvalue weighted by molar-refractivity contribution is 7.96. The molecule has 0 aromatic carbocycles. The van der Waals surface area contributed by atoms with Gasteiger partial charge in [0.1, 0.15) is 6.61 Å². The standard InChI is InChI=1S/C11H22N2O2S/c1-11(2,3)15-9-10(14)12-5-7-13(16-4)8-6-12/h5-9H2,1-4H3. The summed E-state index contributed by atoms with van der Waals surface area (Å²) in [6.07, 6.45) is 2.07. The summed E-state index contributed by atoms with van der Waals surface area (Å²) in [5.74, 6) is 0.107. The number of ether oxygens (including phenoxy) is 1. The summed E-state index contributed by atoms with van der Waals surface area (Å²) in [6.45, 7) is 9.61. The van der Waals surface area contributed by atoms with E-state index >= 15 is 0 Å². The predicted molar refractivity (Wildman–Crippen MR) is 67.4 cm³/mol. The number of hydrogen-bond donors (Lipinski definition) is 0. The van der Waals surface area contributed by atoms with Crippen LogP contribution in [0.3, 0.4) is 0 Å². The van der Waals surface area contributed by atoms with Gasteiger partial charge in [0.2, 0.25) is 5.91 Å². The molecule has 1 rings (SSSR count). The minimum Gasteiger partial charge on any atom is -0.366 e. The third kappa shape index (κ3) is 4.72. The van der Waals surface area contributed by atoms with Crippen molar-refractivity contribution >= 4 is 17.9 Å². The molecule has 0 aromatic rings. The maximum atomic E-state index is 11.8. The lowest BCUT2D eigenvalue weighted by atomic mass is 10.2. The highest BCUT2D eigenvalue weighted by atomic mass is 32.2. The van der Waals surface area contributed by atoms with Gasteiger partial charge in [0.25, 0.3) is 0 Å². The van der Waals surface area contributed by atoms with Crippen LogP contribution in [0.4, 0.5) is 0 Å². The highest BCUT2D eigenvalue weighted by Crippen LogP contribution is 2.11. The van der Waals surface area contributed by atoms with Crippen molar-refractivity contribution in [1.29, 1.82) is 0 Å². The quantitative estimate of drug-likeness (QED) is 0.701. The van der Waals surface area contributed by atoms with Crippen molar-refractivity contribution in [3.8, 4) is 0 Å². The molecule has 0 N–H and O–H groups in total. The first-order chi connectivity index (χ1) is 7.42. The minimum atomic E-state index is -0.239. The first-order valence-corrected chi connectivity index (χ1v) is 6.81. The highest BCUT2D eigenvalue weighted by Gasteiger charge is 2.22. The number of hydrogen-bond acceptors (Lipinski definition) is 4. The van der Waals surface area contributed by atoms with Gasteiger partial charge in [-0.3, -0.25) is 4.79 Å². The second kappa shape index (κ2) is 5.89. The Kier molecular flexibility index (Phi) is 5.08. The van der Waals surface area contributed by atoms with E-state index in [1.165, 1.54) is 0 Å². The van der Waals surface area contributed by atoms with Crippen molar-refractivity contribution in [2.24, 2.45) is 0 Å². The molecular formula is C11H22N2O2S.